The lowest BCUT2D eigenvalue weighted by molar-refractivity contribution is -0.140. The second-order valence-corrected chi connectivity index (χ2v) is 5.27. The summed E-state index contributed by atoms with van der Waals surface area (Å²) in [6.45, 7) is 3.36. The molecule has 0 aromatic carbocycles. The molecule has 0 radical (unpaired) electrons. The molecule has 0 aliphatic heterocycles. The van der Waals surface area contributed by atoms with Gasteiger partial charge in [-0.05, 0) is 26.7 Å². The SMILES string of the molecule is CC(C)NC(=O)C1CCCCC1C(=O)NCC(=O)O. The molecule has 2 unspecified atom stereocenters. The molecule has 2 amide bonds. The lowest BCUT2D eigenvalue weighted by Crippen LogP contribution is -2.46. The highest BCUT2D eigenvalue weighted by Crippen LogP contribution is 2.30. The number of amides is 2. The summed E-state index contributed by atoms with van der Waals surface area (Å²) in [7, 11) is 0. The van der Waals surface area contributed by atoms with Crippen LogP contribution >= 0.6 is 0 Å². The average Bonchev–Trinajstić information content (AvgIpc) is 2.35. The number of nitrogens with one attached hydrogen (secondary N) is 2. The minimum absolute atomic E-state index is 0.0390. The standard InChI is InChI=1S/C13H22N2O4/c1-8(2)15-13(19)10-6-4-3-5-9(10)12(18)14-7-11(16)17/h8-10H,3-7H2,1-2H3,(H,14,18)(H,15,19)(H,16,17). The van der Waals surface area contributed by atoms with Gasteiger partial charge in [-0.15, -0.1) is 0 Å². The Labute approximate surface area is 112 Å². The molecule has 108 valence electrons. The van der Waals surface area contributed by atoms with Crippen LogP contribution in [0.15, 0.2) is 0 Å². The van der Waals surface area contributed by atoms with Crippen LogP contribution in [0.4, 0.5) is 0 Å². The molecule has 0 aromatic heterocycles. The van der Waals surface area contributed by atoms with E-state index in [1.54, 1.807) is 0 Å². The van der Waals surface area contributed by atoms with Crippen molar-refractivity contribution in [2.24, 2.45) is 11.8 Å². The molecule has 1 aliphatic rings. The van der Waals surface area contributed by atoms with Gasteiger partial charge in [0.25, 0.3) is 0 Å². The van der Waals surface area contributed by atoms with Crippen LogP contribution < -0.4 is 10.6 Å². The zero-order chi connectivity index (χ0) is 14.4. The maximum absolute atomic E-state index is 12.1. The van der Waals surface area contributed by atoms with Gasteiger partial charge in [-0.25, -0.2) is 0 Å². The molecule has 0 saturated heterocycles. The topological polar surface area (TPSA) is 95.5 Å². The van der Waals surface area contributed by atoms with Crippen molar-refractivity contribution < 1.29 is 19.5 Å². The van der Waals surface area contributed by atoms with Crippen molar-refractivity contribution >= 4 is 17.8 Å². The second-order valence-electron chi connectivity index (χ2n) is 5.27. The molecule has 6 heteroatoms. The lowest BCUT2D eigenvalue weighted by atomic mass is 9.78. The Morgan fingerprint density at radius 3 is 2.11 bits per heavy atom. The van der Waals surface area contributed by atoms with Crippen molar-refractivity contribution in [1.82, 2.24) is 10.6 Å². The van der Waals surface area contributed by atoms with E-state index in [0.29, 0.717) is 12.8 Å². The molecule has 1 aliphatic carbocycles. The minimum Gasteiger partial charge on any atom is -0.480 e. The molecule has 2 atom stereocenters. The van der Waals surface area contributed by atoms with Gasteiger partial charge in [0.05, 0.1) is 0 Å². The molecule has 3 N–H and O–H groups in total. The van der Waals surface area contributed by atoms with Crippen LogP contribution in [-0.4, -0.2) is 35.5 Å². The summed E-state index contributed by atoms with van der Waals surface area (Å²) in [5.74, 6) is -2.26. The molecule has 19 heavy (non-hydrogen) atoms. The zero-order valence-corrected chi connectivity index (χ0v) is 11.4. The number of hydrogen-bond acceptors (Lipinski definition) is 3. The van der Waals surface area contributed by atoms with Crippen LogP contribution in [0.3, 0.4) is 0 Å². The zero-order valence-electron chi connectivity index (χ0n) is 11.4. The maximum atomic E-state index is 12.1. The number of carboxylic acids is 1. The maximum Gasteiger partial charge on any atom is 0.322 e. The number of rotatable bonds is 5. The molecule has 0 spiro atoms. The predicted octanol–water partition coefficient (Wildman–Crippen LogP) is 0.518. The summed E-state index contributed by atoms with van der Waals surface area (Å²) in [4.78, 5) is 34.5. The lowest BCUT2D eigenvalue weighted by Gasteiger charge is -2.30. The van der Waals surface area contributed by atoms with E-state index in [9.17, 15) is 14.4 Å². The van der Waals surface area contributed by atoms with Crippen molar-refractivity contribution in [3.05, 3.63) is 0 Å². The third-order valence-corrected chi connectivity index (χ3v) is 3.28. The highest BCUT2D eigenvalue weighted by molar-refractivity contribution is 5.89. The first-order valence-corrected chi connectivity index (χ1v) is 6.71. The summed E-state index contributed by atoms with van der Waals surface area (Å²) in [6, 6.07) is 0.0390. The van der Waals surface area contributed by atoms with E-state index in [-0.39, 0.29) is 23.8 Å². The van der Waals surface area contributed by atoms with E-state index in [4.69, 9.17) is 5.11 Å². The molecule has 0 heterocycles. The average molecular weight is 270 g/mol. The largest absolute Gasteiger partial charge is 0.480 e. The summed E-state index contributed by atoms with van der Waals surface area (Å²) in [5, 5.41) is 13.8. The van der Waals surface area contributed by atoms with Gasteiger partial charge in [0.15, 0.2) is 0 Å². The molecule has 1 fully saturated rings. The van der Waals surface area contributed by atoms with Gasteiger partial charge >= 0.3 is 5.97 Å². The van der Waals surface area contributed by atoms with Crippen molar-refractivity contribution in [3.63, 3.8) is 0 Å². The number of carbonyl (C=O) groups excluding carboxylic acids is 2. The Morgan fingerprint density at radius 2 is 1.63 bits per heavy atom. The number of carbonyl (C=O) groups is 3. The third kappa shape index (κ3) is 4.89. The molecule has 1 saturated carbocycles. The van der Waals surface area contributed by atoms with Gasteiger partial charge in [0.1, 0.15) is 6.54 Å². The minimum atomic E-state index is -1.08. The molecule has 6 nitrogen and oxygen atoms in total. The monoisotopic (exact) mass is 270 g/mol. The smallest absolute Gasteiger partial charge is 0.322 e. The normalized spacial score (nSPS) is 22.9. The van der Waals surface area contributed by atoms with Crippen LogP contribution in [0, 0.1) is 11.8 Å². The Bertz CT molecular complexity index is 355. The van der Waals surface area contributed by atoms with Crippen molar-refractivity contribution in [2.45, 2.75) is 45.6 Å². The number of carboxylic acid groups (broad SMARTS) is 1. The summed E-state index contributed by atoms with van der Waals surface area (Å²) >= 11 is 0. The summed E-state index contributed by atoms with van der Waals surface area (Å²) < 4.78 is 0. The molecule has 1 rings (SSSR count). The number of hydrogen-bond donors (Lipinski definition) is 3. The molecular formula is C13H22N2O4. The predicted molar refractivity (Wildman–Crippen MR) is 69.4 cm³/mol. The highest BCUT2D eigenvalue weighted by atomic mass is 16.4. The van der Waals surface area contributed by atoms with Crippen LogP contribution in [0.25, 0.3) is 0 Å². The molecule has 0 bridgehead atoms. The highest BCUT2D eigenvalue weighted by Gasteiger charge is 2.35. The van der Waals surface area contributed by atoms with Gasteiger partial charge in [-0.2, -0.15) is 0 Å². The first kappa shape index (κ1) is 15.5. The van der Waals surface area contributed by atoms with E-state index < -0.39 is 18.4 Å². The van der Waals surface area contributed by atoms with Crippen molar-refractivity contribution in [2.75, 3.05) is 6.54 Å². The third-order valence-electron chi connectivity index (χ3n) is 3.28. The van der Waals surface area contributed by atoms with E-state index in [0.717, 1.165) is 12.8 Å². The Hall–Kier alpha value is -1.59. The molecular weight excluding hydrogens is 248 g/mol. The van der Waals surface area contributed by atoms with E-state index >= 15 is 0 Å². The number of aliphatic carboxylic acids is 1. The Morgan fingerprint density at radius 1 is 1.11 bits per heavy atom. The van der Waals surface area contributed by atoms with Crippen molar-refractivity contribution in [1.29, 1.82) is 0 Å². The molecule has 0 aromatic rings. The van der Waals surface area contributed by atoms with Gasteiger partial charge < -0.3 is 15.7 Å². The summed E-state index contributed by atoms with van der Waals surface area (Å²) in [6.07, 6.45) is 3.15. The quantitative estimate of drug-likeness (QED) is 0.678. The van der Waals surface area contributed by atoms with Gasteiger partial charge in [0, 0.05) is 17.9 Å². The van der Waals surface area contributed by atoms with Crippen LogP contribution in [0.1, 0.15) is 39.5 Å². The van der Waals surface area contributed by atoms with Crippen molar-refractivity contribution in [3.8, 4) is 0 Å². The first-order chi connectivity index (χ1) is 8.91. The fraction of sp³-hybridized carbons (Fsp3) is 0.769. The van der Waals surface area contributed by atoms with Crippen LogP contribution in [0.5, 0.6) is 0 Å². The second kappa shape index (κ2) is 7.11. The van der Waals surface area contributed by atoms with E-state index in [1.807, 2.05) is 13.8 Å². The Balaban J connectivity index is 2.63. The van der Waals surface area contributed by atoms with Gasteiger partial charge in [-0.1, -0.05) is 12.8 Å². The van der Waals surface area contributed by atoms with Gasteiger partial charge in [0.2, 0.25) is 11.8 Å². The Kier molecular flexibility index (Phi) is 5.79. The van der Waals surface area contributed by atoms with Crippen LogP contribution in [-0.2, 0) is 14.4 Å². The summed E-state index contributed by atoms with van der Waals surface area (Å²) in [5.41, 5.74) is 0. The van der Waals surface area contributed by atoms with E-state index in [2.05, 4.69) is 10.6 Å². The fourth-order valence-corrected chi connectivity index (χ4v) is 2.44. The van der Waals surface area contributed by atoms with E-state index in [1.165, 1.54) is 0 Å². The van der Waals surface area contributed by atoms with Gasteiger partial charge in [-0.3, -0.25) is 14.4 Å². The van der Waals surface area contributed by atoms with Crippen LogP contribution in [0.2, 0.25) is 0 Å². The first-order valence-electron chi connectivity index (χ1n) is 6.71. The fourth-order valence-electron chi connectivity index (χ4n) is 2.44.